The fraction of sp³-hybridized carbons (Fsp3) is 0.133. The standard InChI is InChI=1S/C15H11Cl2N5OS/c16-10-4-13(17)14-19-11(6-21(14)5-10)8-24-15-20-18-9-22(15)7-12-2-1-3-23-12/h1-6,9H,7-8H2. The number of nitrogens with zero attached hydrogens (tertiary/aromatic N) is 5. The highest BCUT2D eigenvalue weighted by molar-refractivity contribution is 7.98. The van der Waals surface area contributed by atoms with Crippen molar-refractivity contribution in [1.29, 1.82) is 0 Å². The van der Waals surface area contributed by atoms with Gasteiger partial charge in [0.25, 0.3) is 0 Å². The first kappa shape index (κ1) is 15.6. The zero-order valence-corrected chi connectivity index (χ0v) is 14.6. The van der Waals surface area contributed by atoms with E-state index in [1.54, 1.807) is 36.6 Å². The molecule has 0 N–H and O–H groups in total. The number of hydrogen-bond acceptors (Lipinski definition) is 5. The molecule has 0 saturated heterocycles. The van der Waals surface area contributed by atoms with E-state index in [0.29, 0.717) is 28.0 Å². The summed E-state index contributed by atoms with van der Waals surface area (Å²) >= 11 is 13.7. The van der Waals surface area contributed by atoms with Crippen LogP contribution in [-0.2, 0) is 12.3 Å². The van der Waals surface area contributed by atoms with Crippen molar-refractivity contribution < 1.29 is 4.42 Å². The van der Waals surface area contributed by atoms with Crippen LogP contribution in [0.5, 0.6) is 0 Å². The van der Waals surface area contributed by atoms with Crippen LogP contribution in [0.1, 0.15) is 11.5 Å². The Kier molecular flexibility index (Phi) is 4.22. The first-order chi connectivity index (χ1) is 11.7. The second kappa shape index (κ2) is 6.51. The molecule has 4 rings (SSSR count). The van der Waals surface area contributed by atoms with Crippen LogP contribution in [0, 0.1) is 0 Å². The van der Waals surface area contributed by atoms with Gasteiger partial charge in [-0.25, -0.2) is 4.98 Å². The molecule has 0 aromatic carbocycles. The third-order valence-corrected chi connectivity index (χ3v) is 4.86. The molecule has 4 aromatic rings. The van der Waals surface area contributed by atoms with E-state index in [1.807, 2.05) is 27.3 Å². The highest BCUT2D eigenvalue weighted by Crippen LogP contribution is 2.25. The number of thioether (sulfide) groups is 1. The number of hydrogen-bond donors (Lipinski definition) is 0. The Labute approximate surface area is 151 Å². The predicted molar refractivity (Wildman–Crippen MR) is 92.6 cm³/mol. The van der Waals surface area contributed by atoms with E-state index in [2.05, 4.69) is 15.2 Å². The first-order valence-electron chi connectivity index (χ1n) is 7.04. The number of rotatable bonds is 5. The number of halogens is 2. The van der Waals surface area contributed by atoms with Crippen molar-refractivity contribution in [2.24, 2.45) is 0 Å². The van der Waals surface area contributed by atoms with Gasteiger partial charge >= 0.3 is 0 Å². The maximum absolute atomic E-state index is 6.17. The van der Waals surface area contributed by atoms with Gasteiger partial charge in [-0.2, -0.15) is 0 Å². The summed E-state index contributed by atoms with van der Waals surface area (Å²) in [5.74, 6) is 1.50. The molecule has 0 spiro atoms. The van der Waals surface area contributed by atoms with Gasteiger partial charge in [-0.1, -0.05) is 35.0 Å². The molecule has 0 fully saturated rings. The molecular formula is C15H11Cl2N5OS. The van der Waals surface area contributed by atoms with Gasteiger partial charge in [0.05, 0.1) is 28.5 Å². The summed E-state index contributed by atoms with van der Waals surface area (Å²) in [6.45, 7) is 0.592. The minimum atomic E-state index is 0.528. The second-order valence-electron chi connectivity index (χ2n) is 5.08. The van der Waals surface area contributed by atoms with Gasteiger partial charge < -0.3 is 13.4 Å². The fourth-order valence-electron chi connectivity index (χ4n) is 2.32. The quantitative estimate of drug-likeness (QED) is 0.487. The lowest BCUT2D eigenvalue weighted by atomic mass is 10.4. The zero-order valence-electron chi connectivity index (χ0n) is 12.3. The van der Waals surface area contributed by atoms with Gasteiger partial charge in [0, 0.05) is 18.1 Å². The van der Waals surface area contributed by atoms with Gasteiger partial charge in [-0.3, -0.25) is 0 Å². The van der Waals surface area contributed by atoms with Crippen LogP contribution in [0.25, 0.3) is 5.65 Å². The Balaban J connectivity index is 1.51. The summed E-state index contributed by atoms with van der Waals surface area (Å²) in [6.07, 6.45) is 7.03. The molecule has 0 aliphatic heterocycles. The van der Waals surface area contributed by atoms with Gasteiger partial charge in [0.15, 0.2) is 10.8 Å². The van der Waals surface area contributed by atoms with E-state index in [4.69, 9.17) is 27.6 Å². The van der Waals surface area contributed by atoms with Gasteiger partial charge in [0.2, 0.25) is 0 Å². The number of imidazole rings is 1. The van der Waals surface area contributed by atoms with Crippen molar-refractivity contribution >= 4 is 40.6 Å². The van der Waals surface area contributed by atoms with E-state index in [1.165, 1.54) is 0 Å². The summed E-state index contributed by atoms with van der Waals surface area (Å²) in [4.78, 5) is 4.53. The normalized spacial score (nSPS) is 11.4. The third kappa shape index (κ3) is 3.15. The van der Waals surface area contributed by atoms with E-state index < -0.39 is 0 Å². The van der Waals surface area contributed by atoms with E-state index >= 15 is 0 Å². The fourth-order valence-corrected chi connectivity index (χ4v) is 3.64. The molecule has 122 valence electrons. The van der Waals surface area contributed by atoms with Crippen LogP contribution in [-0.4, -0.2) is 24.1 Å². The minimum absolute atomic E-state index is 0.528. The summed E-state index contributed by atoms with van der Waals surface area (Å²) in [7, 11) is 0. The molecule has 0 unspecified atom stereocenters. The molecule has 0 amide bonds. The third-order valence-electron chi connectivity index (χ3n) is 3.36. The smallest absolute Gasteiger partial charge is 0.191 e. The van der Waals surface area contributed by atoms with Crippen LogP contribution < -0.4 is 0 Å². The molecule has 0 bridgehead atoms. The molecule has 4 heterocycles. The van der Waals surface area contributed by atoms with Gasteiger partial charge in [-0.15, -0.1) is 10.2 Å². The van der Waals surface area contributed by atoms with Crippen molar-refractivity contribution in [2.75, 3.05) is 0 Å². The van der Waals surface area contributed by atoms with Gasteiger partial charge in [-0.05, 0) is 18.2 Å². The van der Waals surface area contributed by atoms with E-state index in [9.17, 15) is 0 Å². The molecular weight excluding hydrogens is 369 g/mol. The Hall–Kier alpha value is -1.96. The molecule has 9 heteroatoms. The van der Waals surface area contributed by atoms with Crippen LogP contribution in [0.4, 0.5) is 0 Å². The Morgan fingerprint density at radius 3 is 3.00 bits per heavy atom. The second-order valence-corrected chi connectivity index (χ2v) is 6.86. The monoisotopic (exact) mass is 379 g/mol. The number of aromatic nitrogens is 5. The van der Waals surface area contributed by atoms with Crippen LogP contribution in [0.2, 0.25) is 10.0 Å². The Bertz CT molecular complexity index is 979. The maximum atomic E-state index is 6.17. The minimum Gasteiger partial charge on any atom is -0.467 e. The Morgan fingerprint density at radius 1 is 1.25 bits per heavy atom. The summed E-state index contributed by atoms with van der Waals surface area (Å²) < 4.78 is 9.12. The highest BCUT2D eigenvalue weighted by atomic mass is 35.5. The average Bonchev–Trinajstić information content (AvgIpc) is 3.26. The summed E-state index contributed by atoms with van der Waals surface area (Å²) in [5.41, 5.74) is 1.57. The van der Waals surface area contributed by atoms with Crippen molar-refractivity contribution in [3.63, 3.8) is 0 Å². The number of pyridine rings is 1. The van der Waals surface area contributed by atoms with Crippen LogP contribution in [0.3, 0.4) is 0 Å². The van der Waals surface area contributed by atoms with Crippen molar-refractivity contribution in [1.82, 2.24) is 24.1 Å². The van der Waals surface area contributed by atoms with E-state index in [-0.39, 0.29) is 0 Å². The highest BCUT2D eigenvalue weighted by Gasteiger charge is 2.11. The van der Waals surface area contributed by atoms with Crippen molar-refractivity contribution in [3.8, 4) is 0 Å². The average molecular weight is 380 g/mol. The molecule has 0 radical (unpaired) electrons. The SMILES string of the molecule is Clc1cc(Cl)c2nc(CSc3nncn3Cc3ccco3)cn2c1. The predicted octanol–water partition coefficient (Wildman–Crippen LogP) is 4.17. The summed E-state index contributed by atoms with van der Waals surface area (Å²) in [5, 5.41) is 10.0. The van der Waals surface area contributed by atoms with Crippen molar-refractivity contribution in [2.45, 2.75) is 17.5 Å². The molecule has 24 heavy (non-hydrogen) atoms. The lowest BCUT2D eigenvalue weighted by Crippen LogP contribution is -1.99. The zero-order chi connectivity index (χ0) is 16.5. The molecule has 0 aliphatic rings. The van der Waals surface area contributed by atoms with Crippen LogP contribution >= 0.6 is 35.0 Å². The molecule has 0 aliphatic carbocycles. The molecule has 0 saturated carbocycles. The van der Waals surface area contributed by atoms with Crippen molar-refractivity contribution in [3.05, 3.63) is 64.7 Å². The number of fused-ring (bicyclic) bond motifs is 1. The molecule has 4 aromatic heterocycles. The largest absolute Gasteiger partial charge is 0.467 e. The van der Waals surface area contributed by atoms with E-state index in [0.717, 1.165) is 16.6 Å². The lowest BCUT2D eigenvalue weighted by Gasteiger charge is -2.03. The van der Waals surface area contributed by atoms with Gasteiger partial charge in [0.1, 0.15) is 12.1 Å². The maximum Gasteiger partial charge on any atom is 0.191 e. The molecule has 0 atom stereocenters. The van der Waals surface area contributed by atoms with Crippen LogP contribution in [0.15, 0.2) is 52.8 Å². The molecule has 6 nitrogen and oxygen atoms in total. The Morgan fingerprint density at radius 2 is 2.17 bits per heavy atom. The first-order valence-corrected chi connectivity index (χ1v) is 8.79. The lowest BCUT2D eigenvalue weighted by molar-refractivity contribution is 0.484. The number of furan rings is 1. The summed E-state index contributed by atoms with van der Waals surface area (Å²) in [6, 6.07) is 5.46. The topological polar surface area (TPSA) is 61.2 Å².